The highest BCUT2D eigenvalue weighted by Crippen LogP contribution is 2.48. The SMILES string of the molecule is CCP(C)(=O)c1ccc(-c2nc(-c3cccc4nn(-c5cc(C6CC6)n(C)n5)cc34)c(C3CC3)n2C)c(OC(F)(F)F)c1. The van der Waals surface area contributed by atoms with Crippen LogP contribution < -0.4 is 10.0 Å². The van der Waals surface area contributed by atoms with Gasteiger partial charge >= 0.3 is 6.36 Å². The molecule has 0 saturated heterocycles. The molecule has 1 unspecified atom stereocenters. The predicted octanol–water partition coefficient (Wildman–Crippen LogP) is 7.12. The molecule has 2 aliphatic rings. The highest BCUT2D eigenvalue weighted by atomic mass is 31.2. The van der Waals surface area contributed by atoms with E-state index < -0.39 is 19.3 Å². The molecule has 0 bridgehead atoms. The van der Waals surface area contributed by atoms with E-state index in [0.717, 1.165) is 40.8 Å². The van der Waals surface area contributed by atoms with Gasteiger partial charge in [-0.15, -0.1) is 13.2 Å². The van der Waals surface area contributed by atoms with E-state index in [0.29, 0.717) is 28.9 Å². The number of imidazole rings is 1. The molecule has 2 aliphatic carbocycles. The van der Waals surface area contributed by atoms with Gasteiger partial charge in [0.1, 0.15) is 18.7 Å². The molecular formula is C31H32F3N6O2P. The van der Waals surface area contributed by atoms with Gasteiger partial charge in [0.15, 0.2) is 5.82 Å². The van der Waals surface area contributed by atoms with Crippen LogP contribution in [0.15, 0.2) is 48.7 Å². The lowest BCUT2D eigenvalue weighted by Crippen LogP contribution is -2.19. The Balaban J connectivity index is 1.37. The number of hydrogen-bond acceptors (Lipinski definition) is 5. The highest BCUT2D eigenvalue weighted by molar-refractivity contribution is 7.70. The largest absolute Gasteiger partial charge is 0.573 e. The Hall–Kier alpha value is -3.85. The molecule has 3 heterocycles. The first-order valence-corrected chi connectivity index (χ1v) is 16.8. The molecule has 2 saturated carbocycles. The minimum Gasteiger partial charge on any atom is -0.405 e. The van der Waals surface area contributed by atoms with E-state index in [9.17, 15) is 17.7 Å². The first-order valence-electron chi connectivity index (χ1n) is 14.5. The number of benzene rings is 2. The Bertz CT molecular complexity index is 1930. The zero-order valence-electron chi connectivity index (χ0n) is 24.4. The van der Waals surface area contributed by atoms with Gasteiger partial charge in [0.05, 0.1) is 16.8 Å². The van der Waals surface area contributed by atoms with E-state index >= 15 is 0 Å². The van der Waals surface area contributed by atoms with Crippen LogP contribution in [0.3, 0.4) is 0 Å². The van der Waals surface area contributed by atoms with E-state index in [1.165, 1.54) is 24.6 Å². The quantitative estimate of drug-likeness (QED) is 0.175. The molecule has 7 rings (SSSR count). The van der Waals surface area contributed by atoms with Crippen LogP contribution in [-0.2, 0) is 18.7 Å². The van der Waals surface area contributed by atoms with Gasteiger partial charge in [-0.2, -0.15) is 10.2 Å². The minimum absolute atomic E-state index is 0.191. The lowest BCUT2D eigenvalue weighted by Gasteiger charge is -2.17. The first-order chi connectivity index (χ1) is 20.4. The number of alkyl halides is 3. The molecule has 0 amide bonds. The molecule has 0 radical (unpaired) electrons. The maximum Gasteiger partial charge on any atom is 0.573 e. The van der Waals surface area contributed by atoms with Crippen LogP contribution in [0, 0.1) is 0 Å². The molecule has 0 aliphatic heterocycles. The third-order valence-corrected chi connectivity index (χ3v) is 11.2. The van der Waals surface area contributed by atoms with Gasteiger partial charge in [-0.25, -0.2) is 9.67 Å². The normalized spacial score (nSPS) is 17.0. The maximum absolute atomic E-state index is 13.6. The first kappa shape index (κ1) is 28.0. The summed E-state index contributed by atoms with van der Waals surface area (Å²) in [7, 11) is 0.940. The summed E-state index contributed by atoms with van der Waals surface area (Å²) in [6.45, 7) is 3.33. The van der Waals surface area contributed by atoms with Crippen molar-refractivity contribution < 1.29 is 22.5 Å². The molecule has 2 aromatic carbocycles. The summed E-state index contributed by atoms with van der Waals surface area (Å²) in [6.07, 6.45) is 1.64. The van der Waals surface area contributed by atoms with Gasteiger partial charge in [0, 0.05) is 72.0 Å². The third kappa shape index (κ3) is 5.07. The number of fused-ring (bicyclic) bond motifs is 1. The van der Waals surface area contributed by atoms with Crippen molar-refractivity contribution in [3.05, 3.63) is 60.0 Å². The molecule has 8 nitrogen and oxygen atoms in total. The molecule has 43 heavy (non-hydrogen) atoms. The van der Waals surface area contributed by atoms with Crippen molar-refractivity contribution >= 4 is 23.3 Å². The summed E-state index contributed by atoms with van der Waals surface area (Å²) < 4.78 is 63.9. The van der Waals surface area contributed by atoms with Crippen LogP contribution in [0.4, 0.5) is 13.2 Å². The number of ether oxygens (including phenoxy) is 1. The molecule has 3 aromatic heterocycles. The fourth-order valence-electron chi connectivity index (χ4n) is 5.86. The molecule has 0 spiro atoms. The zero-order chi connectivity index (χ0) is 30.3. The van der Waals surface area contributed by atoms with Gasteiger partial charge in [-0.1, -0.05) is 25.1 Å². The maximum atomic E-state index is 13.6. The smallest absolute Gasteiger partial charge is 0.405 e. The monoisotopic (exact) mass is 608 g/mol. The van der Waals surface area contributed by atoms with Crippen molar-refractivity contribution in [1.29, 1.82) is 0 Å². The minimum atomic E-state index is -4.92. The highest BCUT2D eigenvalue weighted by Gasteiger charge is 2.36. The van der Waals surface area contributed by atoms with Gasteiger partial charge in [-0.3, -0.25) is 4.68 Å². The number of aryl methyl sites for hydroxylation is 1. The summed E-state index contributed by atoms with van der Waals surface area (Å²) in [6, 6.07) is 12.3. The van der Waals surface area contributed by atoms with Gasteiger partial charge < -0.3 is 13.9 Å². The Morgan fingerprint density at radius 3 is 2.42 bits per heavy atom. The zero-order valence-corrected chi connectivity index (χ0v) is 25.3. The van der Waals surface area contributed by atoms with Crippen LogP contribution in [0.1, 0.15) is 55.8 Å². The number of rotatable bonds is 8. The van der Waals surface area contributed by atoms with Crippen molar-refractivity contribution in [1.82, 2.24) is 29.1 Å². The summed E-state index contributed by atoms with van der Waals surface area (Å²) in [5, 5.41) is 10.7. The van der Waals surface area contributed by atoms with Gasteiger partial charge in [-0.05, 0) is 50.5 Å². The van der Waals surface area contributed by atoms with E-state index in [-0.39, 0.29) is 11.5 Å². The predicted molar refractivity (Wildman–Crippen MR) is 160 cm³/mol. The Morgan fingerprint density at radius 2 is 1.74 bits per heavy atom. The van der Waals surface area contributed by atoms with Gasteiger partial charge in [0.25, 0.3) is 0 Å². The van der Waals surface area contributed by atoms with Crippen LogP contribution in [-0.4, -0.2) is 48.3 Å². The molecule has 1 atom stereocenters. The van der Waals surface area contributed by atoms with Crippen molar-refractivity contribution in [2.45, 2.75) is 50.8 Å². The van der Waals surface area contributed by atoms with Gasteiger partial charge in [0.2, 0.25) is 0 Å². The average Bonchev–Trinajstić information content (AvgIpc) is 3.87. The summed E-state index contributed by atoms with van der Waals surface area (Å²) >= 11 is 0. The Labute approximate surface area is 246 Å². The standard InChI is InChI=1S/C31H32F3N6O2P/c1-5-43(4,41)20-13-14-22(26(15-20)42-31(32,33)34)30-35-28(29(38(30)2)19-11-12-19)21-7-6-8-24-23(21)17-40(36-24)27-16-25(18-9-10-18)39(3)37-27/h6-8,13-19H,5,9-12H2,1-4H3. The lowest BCUT2D eigenvalue weighted by molar-refractivity contribution is -0.274. The fourth-order valence-corrected chi connectivity index (χ4v) is 7.01. The fraction of sp³-hybridized carbons (Fsp3) is 0.387. The van der Waals surface area contributed by atoms with Crippen molar-refractivity contribution in [3.8, 4) is 34.2 Å². The average molecular weight is 609 g/mol. The molecule has 12 heteroatoms. The second kappa shape index (κ2) is 9.84. The summed E-state index contributed by atoms with van der Waals surface area (Å²) in [5.74, 6) is 1.48. The number of halogens is 3. The number of aromatic nitrogens is 6. The molecule has 2 fully saturated rings. The van der Waals surface area contributed by atoms with Crippen LogP contribution >= 0.6 is 7.14 Å². The molecular weight excluding hydrogens is 576 g/mol. The van der Waals surface area contributed by atoms with E-state index in [2.05, 4.69) is 10.8 Å². The van der Waals surface area contributed by atoms with Crippen LogP contribution in [0.2, 0.25) is 0 Å². The van der Waals surface area contributed by atoms with E-state index in [4.69, 9.17) is 15.2 Å². The molecule has 224 valence electrons. The number of nitrogens with zero attached hydrogens (tertiary/aromatic N) is 6. The van der Waals surface area contributed by atoms with Crippen molar-refractivity contribution in [2.75, 3.05) is 12.8 Å². The molecule has 0 N–H and O–H groups in total. The summed E-state index contributed by atoms with van der Waals surface area (Å²) in [5.41, 5.74) is 4.68. The van der Waals surface area contributed by atoms with Crippen LogP contribution in [0.25, 0.3) is 39.4 Å². The Kier molecular flexibility index (Phi) is 6.40. The lowest BCUT2D eigenvalue weighted by atomic mass is 10.0. The molecule has 5 aromatic rings. The summed E-state index contributed by atoms with van der Waals surface area (Å²) in [4.78, 5) is 4.99. The topological polar surface area (TPSA) is 79.8 Å². The second-order valence-corrected chi connectivity index (χ2v) is 15.1. The van der Waals surface area contributed by atoms with Crippen molar-refractivity contribution in [2.24, 2.45) is 14.1 Å². The third-order valence-electron chi connectivity index (χ3n) is 8.62. The Morgan fingerprint density at radius 1 is 1.00 bits per heavy atom. The second-order valence-electron chi connectivity index (χ2n) is 11.8. The van der Waals surface area contributed by atoms with E-state index in [1.54, 1.807) is 30.4 Å². The van der Waals surface area contributed by atoms with Crippen molar-refractivity contribution in [3.63, 3.8) is 0 Å². The van der Waals surface area contributed by atoms with E-state index in [1.807, 2.05) is 47.7 Å². The number of hydrogen-bond donors (Lipinski definition) is 0. The van der Waals surface area contributed by atoms with Crippen LogP contribution in [0.5, 0.6) is 5.75 Å².